The molecular weight excluding hydrogens is 286 g/mol. The monoisotopic (exact) mass is 301 g/mol. The van der Waals surface area contributed by atoms with Gasteiger partial charge in [-0.15, -0.1) is 0 Å². The van der Waals surface area contributed by atoms with E-state index in [0.717, 1.165) is 11.3 Å². The standard InChI is InChI=1S/C15H15N3O4/c1-9-6-11(22-16-9)8-17-13-7-10(18(20)21)4-5-12(13)15(2,3)14(17)19/h4-7H,8H2,1-3H3. The number of benzene rings is 1. The molecule has 7 nitrogen and oxygen atoms in total. The van der Waals surface area contributed by atoms with Gasteiger partial charge in [0.05, 0.1) is 28.3 Å². The lowest BCUT2D eigenvalue weighted by molar-refractivity contribution is -0.384. The molecular formula is C15H15N3O4. The first-order chi connectivity index (χ1) is 10.3. The minimum Gasteiger partial charge on any atom is -0.359 e. The van der Waals surface area contributed by atoms with Gasteiger partial charge < -0.3 is 9.42 Å². The summed E-state index contributed by atoms with van der Waals surface area (Å²) in [5, 5.41) is 14.8. The Morgan fingerprint density at radius 3 is 2.68 bits per heavy atom. The van der Waals surface area contributed by atoms with Crippen molar-refractivity contribution in [2.24, 2.45) is 0 Å². The molecule has 0 bridgehead atoms. The van der Waals surface area contributed by atoms with Crippen LogP contribution < -0.4 is 4.90 Å². The maximum Gasteiger partial charge on any atom is 0.271 e. The molecule has 0 saturated heterocycles. The predicted octanol–water partition coefficient (Wildman–Crippen LogP) is 2.72. The van der Waals surface area contributed by atoms with Crippen molar-refractivity contribution in [3.8, 4) is 0 Å². The molecule has 0 N–H and O–H groups in total. The lowest BCUT2D eigenvalue weighted by Crippen LogP contribution is -2.35. The summed E-state index contributed by atoms with van der Waals surface area (Å²) in [6, 6.07) is 6.26. The highest BCUT2D eigenvalue weighted by atomic mass is 16.6. The first-order valence-corrected chi connectivity index (χ1v) is 6.84. The lowest BCUT2D eigenvalue weighted by atomic mass is 9.86. The molecule has 2 heterocycles. The SMILES string of the molecule is Cc1cc(CN2C(=O)C(C)(C)c3ccc([N+](=O)[O-])cc32)on1. The Morgan fingerprint density at radius 1 is 1.36 bits per heavy atom. The first-order valence-electron chi connectivity index (χ1n) is 6.84. The van der Waals surface area contributed by atoms with Crippen molar-refractivity contribution in [2.45, 2.75) is 32.7 Å². The van der Waals surface area contributed by atoms with Gasteiger partial charge in [-0.25, -0.2) is 0 Å². The molecule has 114 valence electrons. The van der Waals surface area contributed by atoms with Crippen molar-refractivity contribution in [1.29, 1.82) is 0 Å². The molecule has 1 aliphatic heterocycles. The third-order valence-electron chi connectivity index (χ3n) is 3.93. The van der Waals surface area contributed by atoms with E-state index in [1.54, 1.807) is 19.1 Å². The maximum absolute atomic E-state index is 12.7. The van der Waals surface area contributed by atoms with Crippen LogP contribution in [-0.2, 0) is 16.8 Å². The van der Waals surface area contributed by atoms with Crippen LogP contribution in [0.4, 0.5) is 11.4 Å². The van der Waals surface area contributed by atoms with Gasteiger partial charge in [0.15, 0.2) is 5.76 Å². The summed E-state index contributed by atoms with van der Waals surface area (Å²) in [5.41, 5.74) is 1.29. The average Bonchev–Trinajstić information content (AvgIpc) is 2.95. The van der Waals surface area contributed by atoms with Crippen LogP contribution in [-0.4, -0.2) is 16.0 Å². The molecule has 1 amide bonds. The van der Waals surface area contributed by atoms with Gasteiger partial charge in [0.2, 0.25) is 5.91 Å². The van der Waals surface area contributed by atoms with Gasteiger partial charge in [0.25, 0.3) is 5.69 Å². The number of carbonyl (C=O) groups excluding carboxylic acids is 1. The van der Waals surface area contributed by atoms with Gasteiger partial charge in [-0.3, -0.25) is 14.9 Å². The number of carbonyl (C=O) groups is 1. The Labute approximate surface area is 126 Å². The molecule has 3 rings (SSSR count). The number of anilines is 1. The normalized spacial score (nSPS) is 16.0. The van der Waals surface area contributed by atoms with Gasteiger partial charge in [-0.1, -0.05) is 5.16 Å². The molecule has 0 spiro atoms. The summed E-state index contributed by atoms with van der Waals surface area (Å²) in [4.78, 5) is 24.7. The van der Waals surface area contributed by atoms with E-state index in [4.69, 9.17) is 4.52 Å². The number of nitro groups is 1. The third kappa shape index (κ3) is 2.05. The van der Waals surface area contributed by atoms with Crippen LogP contribution in [0.15, 0.2) is 28.8 Å². The zero-order chi connectivity index (χ0) is 16.1. The number of aryl methyl sites for hydroxylation is 1. The Bertz CT molecular complexity index is 779. The number of hydrogen-bond acceptors (Lipinski definition) is 5. The summed E-state index contributed by atoms with van der Waals surface area (Å²) in [5.74, 6) is 0.429. The van der Waals surface area contributed by atoms with Gasteiger partial charge in [-0.2, -0.15) is 0 Å². The van der Waals surface area contributed by atoms with Crippen molar-refractivity contribution < 1.29 is 14.2 Å². The highest BCUT2D eigenvalue weighted by Gasteiger charge is 2.44. The lowest BCUT2D eigenvalue weighted by Gasteiger charge is -2.19. The summed E-state index contributed by atoms with van der Waals surface area (Å²) in [6.45, 7) is 5.62. The highest BCUT2D eigenvalue weighted by Crippen LogP contribution is 2.43. The number of nitrogens with zero attached hydrogens (tertiary/aromatic N) is 3. The molecule has 1 aromatic carbocycles. The van der Waals surface area contributed by atoms with Crippen LogP contribution in [0, 0.1) is 17.0 Å². The second-order valence-electron chi connectivity index (χ2n) is 5.91. The number of non-ortho nitro benzene ring substituents is 1. The number of amides is 1. The van der Waals surface area contributed by atoms with Crippen molar-refractivity contribution in [3.05, 3.63) is 51.4 Å². The van der Waals surface area contributed by atoms with E-state index in [0.29, 0.717) is 11.4 Å². The molecule has 22 heavy (non-hydrogen) atoms. The molecule has 0 aliphatic carbocycles. The molecule has 2 aromatic rings. The van der Waals surface area contributed by atoms with Crippen LogP contribution in [0.2, 0.25) is 0 Å². The predicted molar refractivity (Wildman–Crippen MR) is 78.6 cm³/mol. The molecule has 0 saturated carbocycles. The maximum atomic E-state index is 12.7. The highest BCUT2D eigenvalue weighted by molar-refractivity contribution is 6.07. The Hall–Kier alpha value is -2.70. The van der Waals surface area contributed by atoms with Gasteiger partial charge in [0.1, 0.15) is 0 Å². The van der Waals surface area contributed by atoms with E-state index in [1.807, 2.05) is 13.8 Å². The second-order valence-corrected chi connectivity index (χ2v) is 5.91. The van der Waals surface area contributed by atoms with E-state index in [-0.39, 0.29) is 18.1 Å². The summed E-state index contributed by atoms with van der Waals surface area (Å²) in [6.07, 6.45) is 0. The molecule has 1 aromatic heterocycles. The van der Waals surface area contributed by atoms with Crippen molar-refractivity contribution in [2.75, 3.05) is 4.90 Å². The molecule has 1 aliphatic rings. The fourth-order valence-corrected chi connectivity index (χ4v) is 2.75. The minimum absolute atomic E-state index is 0.0389. The number of aromatic nitrogens is 1. The van der Waals surface area contributed by atoms with Gasteiger partial charge in [-0.05, 0) is 32.4 Å². The Kier molecular flexibility index (Phi) is 3.01. The van der Waals surface area contributed by atoms with Gasteiger partial charge >= 0.3 is 0 Å². The fourth-order valence-electron chi connectivity index (χ4n) is 2.75. The number of hydrogen-bond donors (Lipinski definition) is 0. The topological polar surface area (TPSA) is 89.5 Å². The van der Waals surface area contributed by atoms with E-state index in [1.165, 1.54) is 17.0 Å². The largest absolute Gasteiger partial charge is 0.359 e. The van der Waals surface area contributed by atoms with Crippen molar-refractivity contribution in [3.63, 3.8) is 0 Å². The first kappa shape index (κ1) is 14.2. The summed E-state index contributed by atoms with van der Waals surface area (Å²) in [7, 11) is 0. The van der Waals surface area contributed by atoms with Crippen LogP contribution in [0.25, 0.3) is 0 Å². The molecule has 0 radical (unpaired) electrons. The number of fused-ring (bicyclic) bond motifs is 1. The van der Waals surface area contributed by atoms with Crippen LogP contribution in [0.3, 0.4) is 0 Å². The quantitative estimate of drug-likeness (QED) is 0.642. The van der Waals surface area contributed by atoms with Crippen molar-refractivity contribution >= 4 is 17.3 Å². The second kappa shape index (κ2) is 4.66. The van der Waals surface area contributed by atoms with Gasteiger partial charge in [0, 0.05) is 18.2 Å². The van der Waals surface area contributed by atoms with E-state index in [2.05, 4.69) is 5.16 Å². The van der Waals surface area contributed by atoms with E-state index in [9.17, 15) is 14.9 Å². The Balaban J connectivity index is 2.06. The van der Waals surface area contributed by atoms with Crippen LogP contribution >= 0.6 is 0 Å². The van der Waals surface area contributed by atoms with Crippen LogP contribution in [0.5, 0.6) is 0 Å². The number of rotatable bonds is 3. The third-order valence-corrected chi connectivity index (χ3v) is 3.93. The molecule has 7 heteroatoms. The van der Waals surface area contributed by atoms with Crippen molar-refractivity contribution in [1.82, 2.24) is 5.16 Å². The summed E-state index contributed by atoms with van der Waals surface area (Å²) >= 11 is 0. The zero-order valence-electron chi connectivity index (χ0n) is 12.5. The summed E-state index contributed by atoms with van der Waals surface area (Å²) < 4.78 is 5.16. The molecule has 0 atom stereocenters. The van der Waals surface area contributed by atoms with E-state index >= 15 is 0 Å². The smallest absolute Gasteiger partial charge is 0.271 e. The van der Waals surface area contributed by atoms with E-state index < -0.39 is 10.3 Å². The minimum atomic E-state index is -0.723. The average molecular weight is 301 g/mol. The number of nitro benzene ring substituents is 1. The Morgan fingerprint density at radius 2 is 2.09 bits per heavy atom. The molecule has 0 unspecified atom stereocenters. The fraction of sp³-hybridized carbons (Fsp3) is 0.333. The van der Waals surface area contributed by atoms with Crippen LogP contribution in [0.1, 0.15) is 30.9 Å². The zero-order valence-corrected chi connectivity index (χ0v) is 12.5. The molecule has 0 fully saturated rings.